The molecule has 4 nitrogen and oxygen atoms in total. The van der Waals surface area contributed by atoms with Crippen LogP contribution in [0.15, 0.2) is 48.5 Å². The van der Waals surface area contributed by atoms with Gasteiger partial charge in [0.2, 0.25) is 5.91 Å². The molecule has 0 radical (unpaired) electrons. The Morgan fingerprint density at radius 3 is 2.04 bits per heavy atom. The van der Waals surface area contributed by atoms with Crippen molar-refractivity contribution in [2.45, 2.75) is 19.3 Å². The summed E-state index contributed by atoms with van der Waals surface area (Å²) >= 11 is 0. The van der Waals surface area contributed by atoms with Crippen molar-refractivity contribution >= 4 is 5.91 Å². The lowest BCUT2D eigenvalue weighted by atomic mass is 10.1. The Morgan fingerprint density at radius 2 is 1.50 bits per heavy atom. The number of hydrogen-bond donors (Lipinski definition) is 0. The van der Waals surface area contributed by atoms with E-state index in [0.717, 1.165) is 5.56 Å². The lowest BCUT2D eigenvalue weighted by Crippen LogP contribution is -2.37. The van der Waals surface area contributed by atoms with E-state index in [1.807, 2.05) is 19.0 Å². The van der Waals surface area contributed by atoms with Gasteiger partial charge in [0.25, 0.3) is 0 Å². The summed E-state index contributed by atoms with van der Waals surface area (Å²) in [6.07, 6.45) is -4.71. The number of ether oxygens (including phenoxy) is 1. The van der Waals surface area contributed by atoms with Crippen LogP contribution in [0.1, 0.15) is 11.1 Å². The zero-order valence-electron chi connectivity index (χ0n) is 15.7. The number of carbonyl (C=O) groups is 1. The van der Waals surface area contributed by atoms with Gasteiger partial charge in [0.1, 0.15) is 11.6 Å². The highest BCUT2D eigenvalue weighted by molar-refractivity contribution is 5.78. The molecule has 0 aliphatic carbocycles. The van der Waals surface area contributed by atoms with Gasteiger partial charge in [-0.2, -0.15) is 0 Å². The Morgan fingerprint density at radius 1 is 0.929 bits per heavy atom. The van der Waals surface area contributed by atoms with Gasteiger partial charge < -0.3 is 14.5 Å². The van der Waals surface area contributed by atoms with Gasteiger partial charge in [-0.05, 0) is 49.5 Å². The van der Waals surface area contributed by atoms with Crippen molar-refractivity contribution < 1.29 is 27.1 Å². The standard InChI is InChI=1S/C20H22F4N2O2/c1-25(2)11-12-26(14-16-3-7-17(21)8-4-16)19(27)13-15-5-9-18(10-6-15)28-20(22,23)24/h3-10H,11-14H2,1-2H3. The first-order valence-corrected chi connectivity index (χ1v) is 8.64. The maximum Gasteiger partial charge on any atom is 0.573 e. The van der Waals surface area contributed by atoms with E-state index in [1.54, 1.807) is 17.0 Å². The first-order chi connectivity index (χ1) is 13.1. The average Bonchev–Trinajstić information content (AvgIpc) is 2.60. The molecule has 0 heterocycles. The zero-order valence-corrected chi connectivity index (χ0v) is 15.7. The fourth-order valence-corrected chi connectivity index (χ4v) is 2.52. The Hall–Kier alpha value is -2.61. The summed E-state index contributed by atoms with van der Waals surface area (Å²) in [6, 6.07) is 11.1. The molecule has 8 heteroatoms. The molecule has 0 bridgehead atoms. The van der Waals surface area contributed by atoms with Crippen molar-refractivity contribution in [1.29, 1.82) is 0 Å². The molecule has 0 aliphatic rings. The largest absolute Gasteiger partial charge is 0.573 e. The van der Waals surface area contributed by atoms with E-state index < -0.39 is 6.36 Å². The Bertz CT molecular complexity index is 759. The number of amides is 1. The van der Waals surface area contributed by atoms with Crippen LogP contribution in [-0.4, -0.2) is 49.3 Å². The van der Waals surface area contributed by atoms with Crippen LogP contribution in [0, 0.1) is 5.82 Å². The molecule has 28 heavy (non-hydrogen) atoms. The fraction of sp³-hybridized carbons (Fsp3) is 0.350. The third kappa shape index (κ3) is 7.56. The smallest absolute Gasteiger partial charge is 0.406 e. The maximum atomic E-state index is 13.1. The summed E-state index contributed by atoms with van der Waals surface area (Å²) in [5.74, 6) is -0.855. The second-order valence-corrected chi connectivity index (χ2v) is 6.61. The van der Waals surface area contributed by atoms with Gasteiger partial charge in [-0.25, -0.2) is 4.39 Å². The van der Waals surface area contributed by atoms with E-state index in [2.05, 4.69) is 4.74 Å². The summed E-state index contributed by atoms with van der Waals surface area (Å²) in [5, 5.41) is 0. The molecule has 0 atom stereocenters. The van der Waals surface area contributed by atoms with Crippen LogP contribution in [-0.2, 0) is 17.8 Å². The maximum absolute atomic E-state index is 13.1. The minimum Gasteiger partial charge on any atom is -0.406 e. The molecule has 0 aromatic heterocycles. The predicted octanol–water partition coefficient (Wildman–Crippen LogP) is 3.86. The summed E-state index contributed by atoms with van der Waals surface area (Å²) in [5.41, 5.74) is 1.37. The van der Waals surface area contributed by atoms with Gasteiger partial charge in [-0.1, -0.05) is 24.3 Å². The SMILES string of the molecule is CN(C)CCN(Cc1ccc(F)cc1)C(=O)Cc1ccc(OC(F)(F)F)cc1. The van der Waals surface area contributed by atoms with Crippen LogP contribution in [0.25, 0.3) is 0 Å². The van der Waals surface area contributed by atoms with Crippen molar-refractivity contribution in [3.63, 3.8) is 0 Å². The Labute approximate surface area is 161 Å². The number of halogens is 4. The molecule has 0 spiro atoms. The number of carbonyl (C=O) groups excluding carboxylic acids is 1. The fourth-order valence-electron chi connectivity index (χ4n) is 2.52. The molecule has 0 saturated heterocycles. The molecule has 2 aromatic rings. The molecule has 2 aromatic carbocycles. The molecule has 2 rings (SSSR count). The van der Waals surface area contributed by atoms with Crippen molar-refractivity contribution in [3.8, 4) is 5.75 Å². The lowest BCUT2D eigenvalue weighted by molar-refractivity contribution is -0.274. The van der Waals surface area contributed by atoms with Crippen molar-refractivity contribution in [1.82, 2.24) is 9.80 Å². The van der Waals surface area contributed by atoms with E-state index in [1.165, 1.54) is 36.4 Å². The van der Waals surface area contributed by atoms with Gasteiger partial charge in [0.15, 0.2) is 0 Å². The van der Waals surface area contributed by atoms with Crippen molar-refractivity contribution in [3.05, 3.63) is 65.5 Å². The number of nitrogens with zero attached hydrogens (tertiary/aromatic N) is 2. The second-order valence-electron chi connectivity index (χ2n) is 6.61. The number of likely N-dealkylation sites (N-methyl/N-ethyl adjacent to an activating group) is 1. The molecule has 0 unspecified atom stereocenters. The van der Waals surface area contributed by atoms with Crippen LogP contribution in [0.5, 0.6) is 5.75 Å². The third-order valence-corrected chi connectivity index (χ3v) is 3.97. The van der Waals surface area contributed by atoms with E-state index in [0.29, 0.717) is 25.2 Å². The molecule has 0 saturated carbocycles. The van der Waals surface area contributed by atoms with Crippen LogP contribution in [0.4, 0.5) is 17.6 Å². The molecule has 0 fully saturated rings. The van der Waals surface area contributed by atoms with Crippen LogP contribution in [0.3, 0.4) is 0 Å². The van der Waals surface area contributed by atoms with Gasteiger partial charge in [-0.3, -0.25) is 4.79 Å². The highest BCUT2D eigenvalue weighted by atomic mass is 19.4. The highest BCUT2D eigenvalue weighted by Gasteiger charge is 2.31. The number of alkyl halides is 3. The predicted molar refractivity (Wildman–Crippen MR) is 97.2 cm³/mol. The van der Waals surface area contributed by atoms with E-state index in [-0.39, 0.29) is 23.9 Å². The second kappa shape index (κ2) is 9.54. The summed E-state index contributed by atoms with van der Waals surface area (Å²) in [4.78, 5) is 16.3. The number of hydrogen-bond acceptors (Lipinski definition) is 3. The Balaban J connectivity index is 2.05. The quantitative estimate of drug-likeness (QED) is 0.633. The summed E-state index contributed by atoms with van der Waals surface area (Å²) in [7, 11) is 3.78. The van der Waals surface area contributed by atoms with Gasteiger partial charge >= 0.3 is 6.36 Å². The first kappa shape index (κ1) is 21.7. The van der Waals surface area contributed by atoms with Crippen LogP contribution < -0.4 is 4.74 Å². The normalized spacial score (nSPS) is 11.5. The van der Waals surface area contributed by atoms with E-state index in [9.17, 15) is 22.4 Å². The van der Waals surface area contributed by atoms with Crippen molar-refractivity contribution in [2.75, 3.05) is 27.2 Å². The summed E-state index contributed by atoms with van der Waals surface area (Å²) in [6.45, 7) is 1.44. The molecule has 0 aliphatic heterocycles. The minimum absolute atomic E-state index is 0.0426. The molecule has 0 N–H and O–H groups in total. The third-order valence-electron chi connectivity index (χ3n) is 3.97. The Kier molecular flexibility index (Phi) is 7.39. The van der Waals surface area contributed by atoms with Gasteiger partial charge in [0, 0.05) is 19.6 Å². The van der Waals surface area contributed by atoms with E-state index in [4.69, 9.17) is 0 Å². The number of rotatable bonds is 8. The minimum atomic E-state index is -4.75. The average molecular weight is 398 g/mol. The van der Waals surface area contributed by atoms with E-state index >= 15 is 0 Å². The molecule has 1 amide bonds. The van der Waals surface area contributed by atoms with Gasteiger partial charge in [-0.15, -0.1) is 13.2 Å². The highest BCUT2D eigenvalue weighted by Crippen LogP contribution is 2.23. The van der Waals surface area contributed by atoms with Crippen LogP contribution >= 0.6 is 0 Å². The first-order valence-electron chi connectivity index (χ1n) is 8.64. The monoisotopic (exact) mass is 398 g/mol. The lowest BCUT2D eigenvalue weighted by Gasteiger charge is -2.25. The molecular weight excluding hydrogens is 376 g/mol. The van der Waals surface area contributed by atoms with Gasteiger partial charge in [0.05, 0.1) is 6.42 Å². The molecule has 152 valence electrons. The number of benzene rings is 2. The zero-order chi connectivity index (χ0) is 20.7. The van der Waals surface area contributed by atoms with Crippen LogP contribution in [0.2, 0.25) is 0 Å². The molecular formula is C20H22F4N2O2. The van der Waals surface area contributed by atoms with Crippen molar-refractivity contribution in [2.24, 2.45) is 0 Å². The topological polar surface area (TPSA) is 32.8 Å². The summed E-state index contributed by atoms with van der Waals surface area (Å²) < 4.78 is 53.6.